The van der Waals surface area contributed by atoms with E-state index in [1.807, 2.05) is 30.7 Å². The van der Waals surface area contributed by atoms with E-state index in [2.05, 4.69) is 16.9 Å². The molecule has 1 N–H and O–H groups in total. The summed E-state index contributed by atoms with van der Waals surface area (Å²) in [5.74, 6) is 0.674. The van der Waals surface area contributed by atoms with Gasteiger partial charge < -0.3 is 5.11 Å². The SMILES string of the molecule is CC[C@]1(O)CCC[C@H]2CN(Cc3cc(F)ccc3-n3nc(C)cc3C)C[C@H]21. The number of fused-ring (bicyclic) bond motifs is 1. The second-order valence-corrected chi connectivity index (χ2v) is 8.52. The standard InChI is InChI=1S/C22H30FN3O/c1-4-22(27)9-5-6-17-12-25(14-20(17)22)13-18-11-19(23)7-8-21(18)26-16(3)10-15(2)24-26/h7-8,10-11,17,20,27H,4-6,9,12-14H2,1-3H3/t17-,20+,22-/m0/s1. The van der Waals surface area contributed by atoms with Crippen LogP contribution in [0.25, 0.3) is 5.69 Å². The highest BCUT2D eigenvalue weighted by Crippen LogP contribution is 2.44. The van der Waals surface area contributed by atoms with Gasteiger partial charge in [-0.2, -0.15) is 5.10 Å². The lowest BCUT2D eigenvalue weighted by Crippen LogP contribution is -2.44. The Morgan fingerprint density at radius 2 is 2.07 bits per heavy atom. The van der Waals surface area contributed by atoms with E-state index in [0.29, 0.717) is 18.4 Å². The van der Waals surface area contributed by atoms with Gasteiger partial charge in [-0.3, -0.25) is 4.90 Å². The molecule has 0 spiro atoms. The first-order valence-corrected chi connectivity index (χ1v) is 10.2. The zero-order valence-electron chi connectivity index (χ0n) is 16.6. The van der Waals surface area contributed by atoms with Crippen molar-refractivity contribution >= 4 is 0 Å². The molecular formula is C22H30FN3O. The Bertz CT molecular complexity index is 833. The Hall–Kier alpha value is -1.72. The van der Waals surface area contributed by atoms with E-state index in [9.17, 15) is 9.50 Å². The molecule has 2 aromatic rings. The molecule has 4 nitrogen and oxygen atoms in total. The number of hydrogen-bond acceptors (Lipinski definition) is 3. The van der Waals surface area contributed by atoms with Gasteiger partial charge in [0.25, 0.3) is 0 Å². The van der Waals surface area contributed by atoms with Crippen molar-refractivity contribution in [1.82, 2.24) is 14.7 Å². The van der Waals surface area contributed by atoms with Crippen molar-refractivity contribution in [1.29, 1.82) is 0 Å². The third kappa shape index (κ3) is 3.43. The average molecular weight is 372 g/mol. The molecule has 1 aromatic heterocycles. The minimum atomic E-state index is -0.530. The van der Waals surface area contributed by atoms with Gasteiger partial charge in [0.05, 0.1) is 17.0 Å². The molecule has 1 saturated heterocycles. The van der Waals surface area contributed by atoms with Crippen LogP contribution in [0, 0.1) is 31.5 Å². The van der Waals surface area contributed by atoms with E-state index in [4.69, 9.17) is 0 Å². The predicted octanol–water partition coefficient (Wildman–Crippen LogP) is 4.00. The molecule has 1 aliphatic heterocycles. The predicted molar refractivity (Wildman–Crippen MR) is 104 cm³/mol. The second-order valence-electron chi connectivity index (χ2n) is 8.52. The highest BCUT2D eigenvalue weighted by molar-refractivity contribution is 5.42. The third-order valence-electron chi connectivity index (χ3n) is 6.68. The molecule has 0 bridgehead atoms. The molecule has 2 heterocycles. The molecule has 2 fully saturated rings. The fourth-order valence-corrected chi connectivity index (χ4v) is 5.29. The minimum Gasteiger partial charge on any atom is -0.390 e. The highest BCUT2D eigenvalue weighted by Gasteiger charge is 2.47. The number of aryl methyl sites for hydroxylation is 2. The maximum absolute atomic E-state index is 14.0. The molecule has 1 aliphatic carbocycles. The van der Waals surface area contributed by atoms with Gasteiger partial charge in [-0.15, -0.1) is 0 Å². The monoisotopic (exact) mass is 371 g/mol. The normalized spacial score (nSPS) is 28.5. The van der Waals surface area contributed by atoms with Crippen molar-refractivity contribution in [2.45, 2.75) is 58.6 Å². The van der Waals surface area contributed by atoms with Crippen molar-refractivity contribution < 1.29 is 9.50 Å². The Morgan fingerprint density at radius 3 is 2.78 bits per heavy atom. The number of benzene rings is 1. The molecule has 1 saturated carbocycles. The molecule has 0 unspecified atom stereocenters. The zero-order chi connectivity index (χ0) is 19.2. The molecule has 1 aromatic carbocycles. The van der Waals surface area contributed by atoms with Crippen LogP contribution in [0.15, 0.2) is 24.3 Å². The van der Waals surface area contributed by atoms with Gasteiger partial charge in [0.1, 0.15) is 5.82 Å². The number of rotatable bonds is 4. The summed E-state index contributed by atoms with van der Waals surface area (Å²) in [5.41, 5.74) is 3.39. The van der Waals surface area contributed by atoms with Crippen molar-refractivity contribution in [3.05, 3.63) is 47.0 Å². The first kappa shape index (κ1) is 18.6. The number of halogens is 1. The highest BCUT2D eigenvalue weighted by atomic mass is 19.1. The smallest absolute Gasteiger partial charge is 0.123 e. The van der Waals surface area contributed by atoms with Gasteiger partial charge in [0, 0.05) is 31.2 Å². The largest absolute Gasteiger partial charge is 0.390 e. The molecular weight excluding hydrogens is 341 g/mol. The molecule has 146 valence electrons. The van der Waals surface area contributed by atoms with E-state index in [1.54, 1.807) is 6.07 Å². The van der Waals surface area contributed by atoms with Crippen LogP contribution in [0.1, 0.15) is 49.6 Å². The first-order chi connectivity index (χ1) is 12.9. The molecule has 5 heteroatoms. The van der Waals surface area contributed by atoms with Gasteiger partial charge in [0.2, 0.25) is 0 Å². The van der Waals surface area contributed by atoms with Crippen LogP contribution >= 0.6 is 0 Å². The Kier molecular flexibility index (Phi) is 4.85. The maximum Gasteiger partial charge on any atom is 0.123 e. The summed E-state index contributed by atoms with van der Waals surface area (Å²) in [4.78, 5) is 2.39. The summed E-state index contributed by atoms with van der Waals surface area (Å²) in [6.07, 6.45) is 4.03. The zero-order valence-corrected chi connectivity index (χ0v) is 16.6. The van der Waals surface area contributed by atoms with Gasteiger partial charge in [-0.1, -0.05) is 13.3 Å². The average Bonchev–Trinajstić information content (AvgIpc) is 3.18. The van der Waals surface area contributed by atoms with E-state index >= 15 is 0 Å². The number of aliphatic hydroxyl groups is 1. The lowest BCUT2D eigenvalue weighted by Gasteiger charge is -2.40. The molecule has 0 radical (unpaired) electrons. The summed E-state index contributed by atoms with van der Waals surface area (Å²) in [5, 5.41) is 15.6. The minimum absolute atomic E-state index is 0.211. The fourth-order valence-electron chi connectivity index (χ4n) is 5.29. The summed E-state index contributed by atoms with van der Waals surface area (Å²) >= 11 is 0. The number of hydrogen-bond donors (Lipinski definition) is 1. The second kappa shape index (κ2) is 7.02. The van der Waals surface area contributed by atoms with Gasteiger partial charge in [-0.25, -0.2) is 9.07 Å². The van der Waals surface area contributed by atoms with Gasteiger partial charge in [-0.05, 0) is 68.9 Å². The van der Waals surface area contributed by atoms with Gasteiger partial charge in [0.15, 0.2) is 0 Å². The van der Waals surface area contributed by atoms with E-state index in [-0.39, 0.29) is 5.82 Å². The van der Waals surface area contributed by atoms with E-state index in [1.165, 1.54) is 12.5 Å². The molecule has 0 amide bonds. The summed E-state index contributed by atoms with van der Waals surface area (Å²) in [6.45, 7) is 8.67. The summed E-state index contributed by atoms with van der Waals surface area (Å²) in [6, 6.07) is 7.02. The fraction of sp³-hybridized carbons (Fsp3) is 0.591. The Labute approximate surface area is 161 Å². The third-order valence-corrected chi connectivity index (χ3v) is 6.68. The number of nitrogens with zero attached hydrogens (tertiary/aromatic N) is 3. The molecule has 27 heavy (non-hydrogen) atoms. The summed E-state index contributed by atoms with van der Waals surface area (Å²) in [7, 11) is 0. The lowest BCUT2D eigenvalue weighted by atomic mass is 9.69. The van der Waals surface area contributed by atoms with E-state index in [0.717, 1.165) is 55.0 Å². The maximum atomic E-state index is 14.0. The van der Waals surface area contributed by atoms with Crippen molar-refractivity contribution in [2.75, 3.05) is 13.1 Å². The van der Waals surface area contributed by atoms with Crippen LogP contribution in [0.3, 0.4) is 0 Å². The van der Waals surface area contributed by atoms with Crippen LogP contribution in [0.2, 0.25) is 0 Å². The molecule has 3 atom stereocenters. The molecule has 2 aliphatic rings. The van der Waals surface area contributed by atoms with Crippen molar-refractivity contribution in [3.63, 3.8) is 0 Å². The van der Waals surface area contributed by atoms with Crippen LogP contribution in [0.4, 0.5) is 4.39 Å². The van der Waals surface area contributed by atoms with Crippen LogP contribution in [0.5, 0.6) is 0 Å². The quantitative estimate of drug-likeness (QED) is 0.883. The topological polar surface area (TPSA) is 41.3 Å². The number of likely N-dealkylation sites (tertiary alicyclic amines) is 1. The summed E-state index contributed by atoms with van der Waals surface area (Å²) < 4.78 is 15.9. The Morgan fingerprint density at radius 1 is 1.26 bits per heavy atom. The molecule has 4 rings (SSSR count). The lowest BCUT2D eigenvalue weighted by molar-refractivity contribution is -0.0613. The Balaban J connectivity index is 1.60. The van der Waals surface area contributed by atoms with E-state index < -0.39 is 5.60 Å². The number of aromatic nitrogens is 2. The van der Waals surface area contributed by atoms with Crippen molar-refractivity contribution in [3.8, 4) is 5.69 Å². The van der Waals surface area contributed by atoms with Crippen LogP contribution < -0.4 is 0 Å². The van der Waals surface area contributed by atoms with Crippen molar-refractivity contribution in [2.24, 2.45) is 11.8 Å². The van der Waals surface area contributed by atoms with Crippen LogP contribution in [-0.2, 0) is 6.54 Å². The van der Waals surface area contributed by atoms with Crippen LogP contribution in [-0.4, -0.2) is 38.5 Å². The van der Waals surface area contributed by atoms with Gasteiger partial charge >= 0.3 is 0 Å². The first-order valence-electron chi connectivity index (χ1n) is 10.2.